The molecule has 1 saturated heterocycles. The molecule has 1 heterocycles. The smallest absolute Gasteiger partial charge is 0.0553 e. The number of piperidine rings is 1. The second kappa shape index (κ2) is 10.1. The van der Waals surface area contributed by atoms with Gasteiger partial charge in [0.05, 0.1) is 5.38 Å². The Morgan fingerprint density at radius 1 is 1.21 bits per heavy atom. The third kappa shape index (κ3) is 6.34. The van der Waals surface area contributed by atoms with Gasteiger partial charge in [0.2, 0.25) is 0 Å². The van der Waals surface area contributed by atoms with Crippen LogP contribution in [0.1, 0.15) is 72.6 Å². The number of hydrogen-bond donors (Lipinski definition) is 1. The Labute approximate surface area is 179 Å². The van der Waals surface area contributed by atoms with Gasteiger partial charge in [0.1, 0.15) is 0 Å². The van der Waals surface area contributed by atoms with Gasteiger partial charge < -0.3 is 10.2 Å². The molecule has 0 radical (unpaired) electrons. The highest BCUT2D eigenvalue weighted by Crippen LogP contribution is 2.41. The molecular formula is C25H43ClN2. The normalized spacial score (nSPS) is 30.0. The zero-order valence-corrected chi connectivity index (χ0v) is 19.5. The summed E-state index contributed by atoms with van der Waals surface area (Å²) in [4.78, 5) is 2.74. The number of likely N-dealkylation sites (tertiary alicyclic amines) is 1. The fourth-order valence-electron chi connectivity index (χ4n) is 5.76. The average molecular weight is 407 g/mol. The van der Waals surface area contributed by atoms with Gasteiger partial charge in [-0.15, -0.1) is 11.6 Å². The molecule has 3 atom stereocenters. The largest absolute Gasteiger partial charge is 0.312 e. The molecular weight excluding hydrogens is 364 g/mol. The molecule has 0 aromatic carbocycles. The zero-order chi connectivity index (χ0) is 20.1. The van der Waals surface area contributed by atoms with Crippen LogP contribution in [-0.4, -0.2) is 42.5 Å². The van der Waals surface area contributed by atoms with Gasteiger partial charge >= 0.3 is 0 Å². The van der Waals surface area contributed by atoms with Gasteiger partial charge in [0.25, 0.3) is 0 Å². The summed E-state index contributed by atoms with van der Waals surface area (Å²) in [6, 6.07) is 0.638. The monoisotopic (exact) mass is 406 g/mol. The quantitative estimate of drug-likeness (QED) is 0.495. The molecule has 2 unspecified atom stereocenters. The molecule has 160 valence electrons. The first-order chi connectivity index (χ1) is 13.3. The standard InChI is InChI=1S/C25H43ClN2/c1-19(2)15-23(27-16-20-7-5-6-8-20)17-28-14-13-24(25(3,4)18-28)21-9-11-22(26)12-10-21/h9-11,19-20,22-24,27H,5-8,12-18H2,1-4H3/t22?,23-,24?/m1/s1. The van der Waals surface area contributed by atoms with Crippen molar-refractivity contribution < 1.29 is 0 Å². The summed E-state index contributed by atoms with van der Waals surface area (Å²) in [7, 11) is 0. The molecule has 0 bridgehead atoms. The molecule has 0 amide bonds. The van der Waals surface area contributed by atoms with Crippen molar-refractivity contribution in [2.24, 2.45) is 23.2 Å². The Hall–Kier alpha value is -0.310. The van der Waals surface area contributed by atoms with E-state index in [0.717, 1.165) is 18.3 Å². The minimum absolute atomic E-state index is 0.190. The van der Waals surface area contributed by atoms with E-state index in [2.05, 4.69) is 56.1 Å². The molecule has 2 nitrogen and oxygen atoms in total. The van der Waals surface area contributed by atoms with Crippen LogP contribution >= 0.6 is 11.6 Å². The summed E-state index contributed by atoms with van der Waals surface area (Å²) >= 11 is 6.24. The summed E-state index contributed by atoms with van der Waals surface area (Å²) in [5.74, 6) is 2.35. The Balaban J connectivity index is 1.54. The van der Waals surface area contributed by atoms with E-state index in [9.17, 15) is 0 Å². The van der Waals surface area contributed by atoms with Crippen LogP contribution in [0.3, 0.4) is 0 Å². The van der Waals surface area contributed by atoms with Crippen LogP contribution < -0.4 is 5.32 Å². The molecule has 0 spiro atoms. The van der Waals surface area contributed by atoms with Crippen LogP contribution in [0, 0.1) is 23.2 Å². The van der Waals surface area contributed by atoms with E-state index in [1.807, 2.05) is 0 Å². The molecule has 3 aliphatic rings. The van der Waals surface area contributed by atoms with Crippen molar-refractivity contribution in [1.82, 2.24) is 10.2 Å². The highest BCUT2D eigenvalue weighted by Gasteiger charge is 2.38. The van der Waals surface area contributed by atoms with E-state index in [-0.39, 0.29) is 5.38 Å². The van der Waals surface area contributed by atoms with Gasteiger partial charge in [-0.3, -0.25) is 0 Å². The zero-order valence-electron chi connectivity index (χ0n) is 18.7. The van der Waals surface area contributed by atoms with Crippen LogP contribution in [0.25, 0.3) is 0 Å². The predicted molar refractivity (Wildman–Crippen MR) is 123 cm³/mol. The first-order valence-corrected chi connectivity index (χ1v) is 12.2. The Morgan fingerprint density at radius 3 is 2.57 bits per heavy atom. The minimum atomic E-state index is 0.190. The van der Waals surface area contributed by atoms with Crippen LogP contribution in [0.5, 0.6) is 0 Å². The van der Waals surface area contributed by atoms with Gasteiger partial charge in [-0.1, -0.05) is 58.8 Å². The van der Waals surface area contributed by atoms with E-state index in [4.69, 9.17) is 11.6 Å². The van der Waals surface area contributed by atoms with E-state index in [1.54, 1.807) is 0 Å². The highest BCUT2D eigenvalue weighted by molar-refractivity contribution is 6.22. The molecule has 3 rings (SSSR count). The summed E-state index contributed by atoms with van der Waals surface area (Å²) < 4.78 is 0. The van der Waals surface area contributed by atoms with Crippen molar-refractivity contribution in [3.05, 3.63) is 23.8 Å². The summed E-state index contributed by atoms with van der Waals surface area (Å²) in [6.07, 6.45) is 16.2. The van der Waals surface area contributed by atoms with Crippen LogP contribution in [0.4, 0.5) is 0 Å². The maximum Gasteiger partial charge on any atom is 0.0553 e. The Morgan fingerprint density at radius 2 is 1.96 bits per heavy atom. The highest BCUT2D eigenvalue weighted by atomic mass is 35.5. The van der Waals surface area contributed by atoms with Gasteiger partial charge in [0.15, 0.2) is 0 Å². The van der Waals surface area contributed by atoms with Crippen molar-refractivity contribution in [3.8, 4) is 0 Å². The maximum atomic E-state index is 6.24. The number of halogens is 1. The summed E-state index contributed by atoms with van der Waals surface area (Å²) in [5.41, 5.74) is 1.85. The summed E-state index contributed by atoms with van der Waals surface area (Å²) in [5, 5.41) is 4.16. The first kappa shape index (κ1) is 22.4. The van der Waals surface area contributed by atoms with E-state index in [1.165, 1.54) is 70.3 Å². The third-order valence-electron chi connectivity index (χ3n) is 7.19. The lowest BCUT2D eigenvalue weighted by atomic mass is 9.69. The number of hydrogen-bond acceptors (Lipinski definition) is 2. The van der Waals surface area contributed by atoms with Crippen molar-refractivity contribution in [1.29, 1.82) is 0 Å². The topological polar surface area (TPSA) is 15.3 Å². The molecule has 28 heavy (non-hydrogen) atoms. The molecule has 0 aromatic heterocycles. The lowest BCUT2D eigenvalue weighted by Crippen LogP contribution is -2.51. The van der Waals surface area contributed by atoms with E-state index in [0.29, 0.717) is 17.4 Å². The van der Waals surface area contributed by atoms with Crippen LogP contribution in [-0.2, 0) is 0 Å². The molecule has 2 aliphatic carbocycles. The second-order valence-electron chi connectivity index (χ2n) is 10.8. The molecule has 1 saturated carbocycles. The second-order valence-corrected chi connectivity index (χ2v) is 11.3. The Kier molecular flexibility index (Phi) is 8.10. The minimum Gasteiger partial charge on any atom is -0.312 e. The Bertz CT molecular complexity index is 545. The molecule has 0 aromatic rings. The van der Waals surface area contributed by atoms with Crippen LogP contribution in [0.15, 0.2) is 23.8 Å². The lowest BCUT2D eigenvalue weighted by molar-refractivity contribution is 0.0652. The molecule has 1 N–H and O–H groups in total. The summed E-state index contributed by atoms with van der Waals surface area (Å²) in [6.45, 7) is 14.5. The molecule has 2 fully saturated rings. The lowest BCUT2D eigenvalue weighted by Gasteiger charge is -2.46. The SMILES string of the molecule is CC(C)C[C@H](CN1CCC(C2=CCC(Cl)C=C2)C(C)(C)C1)NCC1CCCC1. The van der Waals surface area contributed by atoms with Crippen molar-refractivity contribution >= 4 is 11.6 Å². The van der Waals surface area contributed by atoms with E-state index < -0.39 is 0 Å². The van der Waals surface area contributed by atoms with Crippen molar-refractivity contribution in [3.63, 3.8) is 0 Å². The van der Waals surface area contributed by atoms with Gasteiger partial charge in [-0.2, -0.15) is 0 Å². The van der Waals surface area contributed by atoms with Gasteiger partial charge in [0, 0.05) is 19.1 Å². The maximum absolute atomic E-state index is 6.24. The van der Waals surface area contributed by atoms with Crippen LogP contribution in [0.2, 0.25) is 0 Å². The number of nitrogens with one attached hydrogen (secondary N) is 1. The number of allylic oxidation sites excluding steroid dienone is 4. The fraction of sp³-hybridized carbons (Fsp3) is 0.840. The predicted octanol–water partition coefficient (Wildman–Crippen LogP) is 6.02. The number of alkyl halides is 1. The molecule has 3 heteroatoms. The third-order valence-corrected chi connectivity index (χ3v) is 7.52. The molecule has 1 aliphatic heterocycles. The van der Waals surface area contributed by atoms with E-state index >= 15 is 0 Å². The number of rotatable bonds is 8. The fourth-order valence-corrected chi connectivity index (χ4v) is 5.92. The first-order valence-electron chi connectivity index (χ1n) is 11.8. The number of nitrogens with zero attached hydrogens (tertiary/aromatic N) is 1. The van der Waals surface area contributed by atoms with Crippen molar-refractivity contribution in [2.45, 2.75) is 84.1 Å². The van der Waals surface area contributed by atoms with Crippen molar-refractivity contribution in [2.75, 3.05) is 26.2 Å². The van der Waals surface area contributed by atoms with Gasteiger partial charge in [-0.25, -0.2) is 0 Å². The van der Waals surface area contributed by atoms with Gasteiger partial charge in [-0.05, 0) is 73.9 Å². The average Bonchev–Trinajstić information content (AvgIpc) is 3.13.